The predicted octanol–water partition coefficient (Wildman–Crippen LogP) is -0.810. The molecule has 0 aromatic carbocycles. The summed E-state index contributed by atoms with van der Waals surface area (Å²) in [6.45, 7) is 3.54. The van der Waals surface area contributed by atoms with Gasteiger partial charge in [0.2, 0.25) is 0 Å². The number of ether oxygens (including phenoxy) is 1. The van der Waals surface area contributed by atoms with E-state index in [1.54, 1.807) is 0 Å². The lowest BCUT2D eigenvalue weighted by atomic mass is 10.4. The van der Waals surface area contributed by atoms with Crippen molar-refractivity contribution in [1.29, 1.82) is 0 Å². The van der Waals surface area contributed by atoms with Crippen LogP contribution in [0.3, 0.4) is 0 Å². The molecule has 0 heterocycles. The summed E-state index contributed by atoms with van der Waals surface area (Å²) >= 11 is 0. The van der Waals surface area contributed by atoms with Crippen molar-refractivity contribution in [3.63, 3.8) is 0 Å². The Morgan fingerprint density at radius 3 is 2.50 bits per heavy atom. The summed E-state index contributed by atoms with van der Waals surface area (Å²) in [4.78, 5) is 0. The van der Waals surface area contributed by atoms with Gasteiger partial charge < -0.3 is 14.9 Å². The maximum absolute atomic E-state index is 8.29. The molecule has 0 fully saturated rings. The van der Waals surface area contributed by atoms with E-state index in [9.17, 15) is 0 Å². The Morgan fingerprint density at radius 2 is 2.12 bits per heavy atom. The first-order valence-corrected chi connectivity index (χ1v) is 2.47. The Balaban J connectivity index is 2.86. The molecule has 0 aliphatic carbocycles. The van der Waals surface area contributed by atoms with Crippen molar-refractivity contribution in [3.05, 3.63) is 6.92 Å². The van der Waals surface area contributed by atoms with Crippen LogP contribution in [-0.4, -0.2) is 36.1 Å². The van der Waals surface area contributed by atoms with Crippen LogP contribution in [0.5, 0.6) is 0 Å². The smallest absolute Gasteiger partial charge is 0.0807 e. The molecule has 49 valence electrons. The van der Waals surface area contributed by atoms with Gasteiger partial charge in [-0.05, 0) is 6.92 Å². The van der Waals surface area contributed by atoms with E-state index >= 15 is 0 Å². The zero-order chi connectivity index (χ0) is 6.41. The molecule has 8 heavy (non-hydrogen) atoms. The van der Waals surface area contributed by atoms with Gasteiger partial charge in [-0.3, -0.25) is 0 Å². The summed E-state index contributed by atoms with van der Waals surface area (Å²) in [5, 5.41) is 16.5. The molecule has 1 atom stereocenters. The molecule has 0 rings (SSSR count). The van der Waals surface area contributed by atoms with Crippen molar-refractivity contribution < 1.29 is 14.9 Å². The van der Waals surface area contributed by atoms with Crippen LogP contribution in [0, 0.1) is 6.92 Å². The molecular weight excluding hydrogens is 108 g/mol. The number of aliphatic hydroxyl groups is 2. The second-order valence-corrected chi connectivity index (χ2v) is 1.40. The van der Waals surface area contributed by atoms with Gasteiger partial charge in [0, 0.05) is 0 Å². The van der Waals surface area contributed by atoms with Crippen molar-refractivity contribution in [2.45, 2.75) is 6.10 Å². The molecule has 0 aliphatic rings. The summed E-state index contributed by atoms with van der Waals surface area (Å²) in [5.74, 6) is 0. The lowest BCUT2D eigenvalue weighted by molar-refractivity contribution is 0.0213. The van der Waals surface area contributed by atoms with Crippen LogP contribution in [0.4, 0.5) is 0 Å². The Hall–Kier alpha value is -0.120. The van der Waals surface area contributed by atoms with Crippen molar-refractivity contribution in [2.24, 2.45) is 0 Å². The molecule has 0 aliphatic heterocycles. The highest BCUT2D eigenvalue weighted by atomic mass is 16.5. The van der Waals surface area contributed by atoms with Crippen LogP contribution >= 0.6 is 0 Å². The third kappa shape index (κ3) is 4.05. The third-order valence-corrected chi connectivity index (χ3v) is 0.648. The van der Waals surface area contributed by atoms with Crippen LogP contribution in [0.15, 0.2) is 0 Å². The van der Waals surface area contributed by atoms with E-state index in [-0.39, 0.29) is 19.8 Å². The molecule has 0 saturated carbocycles. The number of hydrogen-bond donors (Lipinski definition) is 2. The molecule has 3 heteroatoms. The minimum Gasteiger partial charge on any atom is -0.394 e. The molecule has 0 amide bonds. The molecule has 3 nitrogen and oxygen atoms in total. The van der Waals surface area contributed by atoms with Gasteiger partial charge in [-0.1, -0.05) is 0 Å². The minimum atomic E-state index is -0.401. The number of rotatable bonds is 4. The standard InChI is InChI=1S/C5H11O3/c1-5(4-7)8-3-2-6/h5-7H,1-4H2. The average Bonchev–Trinajstić information content (AvgIpc) is 1.83. The highest BCUT2D eigenvalue weighted by molar-refractivity contribution is 4.55. The van der Waals surface area contributed by atoms with Crippen LogP contribution in [0.1, 0.15) is 0 Å². The number of aliphatic hydroxyl groups excluding tert-OH is 2. The van der Waals surface area contributed by atoms with Crippen LogP contribution < -0.4 is 0 Å². The quantitative estimate of drug-likeness (QED) is 0.509. The zero-order valence-electron chi connectivity index (χ0n) is 4.71. The van der Waals surface area contributed by atoms with Gasteiger partial charge >= 0.3 is 0 Å². The summed E-state index contributed by atoms with van der Waals surface area (Å²) in [5.41, 5.74) is 0. The third-order valence-electron chi connectivity index (χ3n) is 0.648. The molecule has 0 spiro atoms. The van der Waals surface area contributed by atoms with Crippen molar-refractivity contribution in [3.8, 4) is 0 Å². The van der Waals surface area contributed by atoms with E-state index in [2.05, 4.69) is 6.92 Å². The molecular formula is C5H11O3. The Morgan fingerprint density at radius 1 is 1.50 bits per heavy atom. The summed E-state index contributed by atoms with van der Waals surface area (Å²) in [6.07, 6.45) is -0.401. The van der Waals surface area contributed by atoms with Gasteiger partial charge in [-0.15, -0.1) is 0 Å². The normalized spacial score (nSPS) is 13.9. The van der Waals surface area contributed by atoms with Gasteiger partial charge in [0.1, 0.15) is 0 Å². The van der Waals surface area contributed by atoms with Crippen LogP contribution in [-0.2, 0) is 4.74 Å². The Bertz CT molecular complexity index is 46.9. The lowest BCUT2D eigenvalue weighted by Gasteiger charge is -2.06. The van der Waals surface area contributed by atoms with E-state index in [1.165, 1.54) is 0 Å². The van der Waals surface area contributed by atoms with Gasteiger partial charge in [0.05, 0.1) is 25.9 Å². The summed E-state index contributed by atoms with van der Waals surface area (Å²) < 4.78 is 4.73. The molecule has 0 saturated heterocycles. The molecule has 1 radical (unpaired) electrons. The van der Waals surface area contributed by atoms with Crippen molar-refractivity contribution >= 4 is 0 Å². The van der Waals surface area contributed by atoms with Gasteiger partial charge in [-0.2, -0.15) is 0 Å². The summed E-state index contributed by atoms with van der Waals surface area (Å²) in [7, 11) is 0. The summed E-state index contributed by atoms with van der Waals surface area (Å²) in [6, 6.07) is 0. The average molecular weight is 119 g/mol. The van der Waals surface area contributed by atoms with Crippen molar-refractivity contribution in [2.75, 3.05) is 19.8 Å². The zero-order valence-corrected chi connectivity index (χ0v) is 4.71. The van der Waals surface area contributed by atoms with Crippen LogP contribution in [0.2, 0.25) is 0 Å². The second-order valence-electron chi connectivity index (χ2n) is 1.40. The fourth-order valence-corrected chi connectivity index (χ4v) is 0.272. The van der Waals surface area contributed by atoms with Gasteiger partial charge in [-0.25, -0.2) is 0 Å². The van der Waals surface area contributed by atoms with Gasteiger partial charge in [0.15, 0.2) is 0 Å². The maximum atomic E-state index is 8.29. The highest BCUT2D eigenvalue weighted by Gasteiger charge is 1.95. The van der Waals surface area contributed by atoms with Gasteiger partial charge in [0.25, 0.3) is 0 Å². The maximum Gasteiger partial charge on any atom is 0.0807 e. The van der Waals surface area contributed by atoms with E-state index in [4.69, 9.17) is 14.9 Å². The molecule has 0 aromatic rings. The largest absolute Gasteiger partial charge is 0.394 e. The van der Waals surface area contributed by atoms with E-state index < -0.39 is 6.10 Å². The monoisotopic (exact) mass is 119 g/mol. The van der Waals surface area contributed by atoms with E-state index in [1.807, 2.05) is 0 Å². The highest BCUT2D eigenvalue weighted by Crippen LogP contribution is 1.84. The minimum absolute atomic E-state index is 0.0218. The van der Waals surface area contributed by atoms with E-state index in [0.29, 0.717) is 0 Å². The fourth-order valence-electron chi connectivity index (χ4n) is 0.272. The Labute approximate surface area is 48.9 Å². The molecule has 0 bridgehead atoms. The second kappa shape index (κ2) is 5.03. The number of hydrogen-bond acceptors (Lipinski definition) is 3. The van der Waals surface area contributed by atoms with Crippen molar-refractivity contribution in [1.82, 2.24) is 0 Å². The predicted molar refractivity (Wildman–Crippen MR) is 29.3 cm³/mol. The van der Waals surface area contributed by atoms with Crippen LogP contribution in [0.25, 0.3) is 0 Å². The molecule has 1 unspecified atom stereocenters. The SMILES string of the molecule is [CH2]C(CO)OCCO. The topological polar surface area (TPSA) is 49.7 Å². The molecule has 2 N–H and O–H groups in total. The Kier molecular flexibility index (Phi) is 4.95. The van der Waals surface area contributed by atoms with E-state index in [0.717, 1.165) is 0 Å². The first-order chi connectivity index (χ1) is 3.81. The first-order valence-electron chi connectivity index (χ1n) is 2.47. The lowest BCUT2D eigenvalue weighted by Crippen LogP contribution is -2.15. The molecule has 0 aromatic heterocycles. The fraction of sp³-hybridized carbons (Fsp3) is 0.800. The first kappa shape index (κ1) is 7.88.